The highest BCUT2D eigenvalue weighted by Crippen LogP contribution is 2.43. The van der Waals surface area contributed by atoms with Crippen LogP contribution < -0.4 is 0 Å². The quantitative estimate of drug-likeness (QED) is 0.385. The minimum atomic E-state index is -3.75. The molecule has 19 heavy (non-hydrogen) atoms. The Bertz CT molecular complexity index is 277. The van der Waals surface area contributed by atoms with Crippen LogP contribution in [0.4, 0.5) is 0 Å². The molecule has 114 valence electrons. The molecule has 0 aliphatic carbocycles. The molecule has 0 atom stereocenters. The van der Waals surface area contributed by atoms with Crippen LogP contribution in [0.1, 0.15) is 46.5 Å². The predicted molar refractivity (Wildman–Crippen MR) is 74.0 cm³/mol. The molecule has 0 aromatic rings. The zero-order valence-corrected chi connectivity index (χ0v) is 12.8. The van der Waals surface area contributed by atoms with Crippen LogP contribution >= 0.6 is 7.82 Å². The number of phosphoric ester groups is 1. The number of carbonyl (C=O) groups is 1. The third-order valence-electron chi connectivity index (χ3n) is 1.87. The van der Waals surface area contributed by atoms with Gasteiger partial charge in [0.2, 0.25) is 0 Å². The van der Waals surface area contributed by atoms with Gasteiger partial charge in [-0.2, -0.15) is 0 Å². The first-order valence-corrected chi connectivity index (χ1v) is 7.77. The van der Waals surface area contributed by atoms with E-state index in [1.54, 1.807) is 0 Å². The lowest BCUT2D eigenvalue weighted by atomic mass is 10.4. The summed E-state index contributed by atoms with van der Waals surface area (Å²) in [5.41, 5.74) is 0.176. The summed E-state index contributed by atoms with van der Waals surface area (Å²) in [5.74, 6) is -0.935. The number of hydrogen-bond acceptors (Lipinski definition) is 4. The van der Waals surface area contributed by atoms with Crippen LogP contribution in [-0.2, 0) is 18.4 Å². The standard InChI is InChI=1S/C8H19O4P.C4H6O2/c1-3-5-7-11-13(9,10)12-8-6-4-2;1-3(2)4(5)6/h3-8H2,1-2H3,(H,9,10);1H2,2H3,(H,5,6). The second kappa shape index (κ2) is 12.4. The summed E-state index contributed by atoms with van der Waals surface area (Å²) in [6.07, 6.45) is 3.44. The van der Waals surface area contributed by atoms with Gasteiger partial charge in [0.05, 0.1) is 13.2 Å². The van der Waals surface area contributed by atoms with Gasteiger partial charge >= 0.3 is 13.8 Å². The van der Waals surface area contributed by atoms with Crippen molar-refractivity contribution in [3.8, 4) is 0 Å². The van der Waals surface area contributed by atoms with Crippen molar-refractivity contribution in [1.82, 2.24) is 0 Å². The first-order valence-electron chi connectivity index (χ1n) is 6.27. The lowest BCUT2D eigenvalue weighted by molar-refractivity contribution is -0.132. The minimum absolute atomic E-state index is 0.176. The van der Waals surface area contributed by atoms with Crippen molar-refractivity contribution in [1.29, 1.82) is 0 Å². The summed E-state index contributed by atoms with van der Waals surface area (Å²) in [5, 5.41) is 7.89. The van der Waals surface area contributed by atoms with Crippen molar-refractivity contribution >= 4 is 13.8 Å². The van der Waals surface area contributed by atoms with E-state index in [0.717, 1.165) is 25.7 Å². The lowest BCUT2D eigenvalue weighted by Crippen LogP contribution is -1.98. The van der Waals surface area contributed by atoms with E-state index in [0.29, 0.717) is 0 Å². The molecule has 0 heterocycles. The third kappa shape index (κ3) is 17.3. The van der Waals surface area contributed by atoms with Crippen molar-refractivity contribution in [2.45, 2.75) is 46.5 Å². The smallest absolute Gasteiger partial charge is 0.472 e. The van der Waals surface area contributed by atoms with Gasteiger partial charge in [-0.3, -0.25) is 9.05 Å². The highest BCUT2D eigenvalue weighted by atomic mass is 31.2. The van der Waals surface area contributed by atoms with Crippen molar-refractivity contribution in [2.24, 2.45) is 0 Å². The van der Waals surface area contributed by atoms with E-state index in [4.69, 9.17) is 19.0 Å². The number of carboxylic acid groups (broad SMARTS) is 1. The Morgan fingerprint density at radius 2 is 1.47 bits per heavy atom. The number of carboxylic acids is 1. The Morgan fingerprint density at radius 3 is 1.68 bits per heavy atom. The summed E-state index contributed by atoms with van der Waals surface area (Å²) in [4.78, 5) is 18.7. The van der Waals surface area contributed by atoms with Crippen molar-refractivity contribution in [2.75, 3.05) is 13.2 Å². The van der Waals surface area contributed by atoms with Crippen LogP contribution in [0.5, 0.6) is 0 Å². The Kier molecular flexibility index (Phi) is 13.4. The Labute approximate surface area is 115 Å². The van der Waals surface area contributed by atoms with Crippen molar-refractivity contribution in [3.05, 3.63) is 12.2 Å². The van der Waals surface area contributed by atoms with E-state index in [2.05, 4.69) is 6.58 Å². The van der Waals surface area contributed by atoms with Crippen molar-refractivity contribution in [3.63, 3.8) is 0 Å². The fourth-order valence-corrected chi connectivity index (χ4v) is 1.48. The molecule has 0 fully saturated rings. The van der Waals surface area contributed by atoms with Gasteiger partial charge in [0.25, 0.3) is 0 Å². The molecule has 0 amide bonds. The average molecular weight is 296 g/mol. The van der Waals surface area contributed by atoms with Crippen molar-refractivity contribution < 1.29 is 28.4 Å². The molecule has 6 nitrogen and oxygen atoms in total. The molecule has 0 aliphatic rings. The maximum atomic E-state index is 11.1. The molecule has 0 unspecified atom stereocenters. The van der Waals surface area contributed by atoms with E-state index >= 15 is 0 Å². The lowest BCUT2D eigenvalue weighted by Gasteiger charge is -2.10. The zero-order valence-electron chi connectivity index (χ0n) is 11.9. The van der Waals surface area contributed by atoms with Gasteiger partial charge in [0.15, 0.2) is 0 Å². The van der Waals surface area contributed by atoms with Gasteiger partial charge in [0.1, 0.15) is 0 Å². The summed E-state index contributed by atoms with van der Waals surface area (Å²) >= 11 is 0. The number of rotatable bonds is 9. The number of aliphatic carboxylic acids is 1. The number of hydrogen-bond donors (Lipinski definition) is 2. The maximum absolute atomic E-state index is 11.1. The largest absolute Gasteiger partial charge is 0.478 e. The summed E-state index contributed by atoms with van der Waals surface area (Å²) in [6.45, 7) is 9.16. The van der Waals surface area contributed by atoms with Gasteiger partial charge < -0.3 is 10.00 Å². The molecular weight excluding hydrogens is 271 g/mol. The van der Waals surface area contributed by atoms with E-state index in [1.807, 2.05) is 13.8 Å². The van der Waals surface area contributed by atoms with Crippen LogP contribution in [-0.4, -0.2) is 29.2 Å². The summed E-state index contributed by atoms with van der Waals surface area (Å²) < 4.78 is 20.5. The summed E-state index contributed by atoms with van der Waals surface area (Å²) in [6, 6.07) is 0. The SMILES string of the molecule is C=C(C)C(=O)O.CCCCOP(=O)(O)OCCCC. The molecule has 0 saturated carbocycles. The average Bonchev–Trinajstić information content (AvgIpc) is 2.30. The molecule has 0 aromatic heterocycles. The van der Waals surface area contributed by atoms with Gasteiger partial charge in [-0.15, -0.1) is 0 Å². The normalized spacial score (nSPS) is 10.5. The Hall–Kier alpha value is -0.680. The number of unbranched alkanes of at least 4 members (excludes halogenated alkanes) is 2. The van der Waals surface area contributed by atoms with Crippen LogP contribution in [0.3, 0.4) is 0 Å². The first kappa shape index (κ1) is 20.6. The summed E-state index contributed by atoms with van der Waals surface area (Å²) in [7, 11) is -3.75. The topological polar surface area (TPSA) is 93.1 Å². The minimum Gasteiger partial charge on any atom is -0.478 e. The monoisotopic (exact) mass is 296 g/mol. The van der Waals surface area contributed by atoms with E-state index < -0.39 is 13.8 Å². The fourth-order valence-electron chi connectivity index (χ4n) is 0.686. The highest BCUT2D eigenvalue weighted by molar-refractivity contribution is 7.47. The molecule has 0 rings (SSSR count). The molecule has 0 radical (unpaired) electrons. The molecule has 0 saturated heterocycles. The first-order chi connectivity index (χ1) is 8.76. The van der Waals surface area contributed by atoms with E-state index in [1.165, 1.54) is 6.92 Å². The van der Waals surface area contributed by atoms with E-state index in [-0.39, 0.29) is 18.8 Å². The highest BCUT2D eigenvalue weighted by Gasteiger charge is 2.19. The maximum Gasteiger partial charge on any atom is 0.472 e. The van der Waals surface area contributed by atoms with Crippen LogP contribution in [0.25, 0.3) is 0 Å². The van der Waals surface area contributed by atoms with Crippen LogP contribution in [0.2, 0.25) is 0 Å². The fraction of sp³-hybridized carbons (Fsp3) is 0.750. The zero-order chi connectivity index (χ0) is 15.3. The molecule has 0 aromatic carbocycles. The molecule has 0 aliphatic heterocycles. The Morgan fingerprint density at radius 1 is 1.16 bits per heavy atom. The van der Waals surface area contributed by atoms with Gasteiger partial charge in [-0.05, 0) is 19.8 Å². The second-order valence-electron chi connectivity index (χ2n) is 3.93. The third-order valence-corrected chi connectivity index (χ3v) is 2.89. The predicted octanol–water partition coefficient (Wildman–Crippen LogP) is 3.37. The van der Waals surface area contributed by atoms with Gasteiger partial charge in [0, 0.05) is 5.57 Å². The van der Waals surface area contributed by atoms with Crippen LogP contribution in [0.15, 0.2) is 12.2 Å². The molecule has 2 N–H and O–H groups in total. The number of phosphoric acid groups is 1. The van der Waals surface area contributed by atoms with Gasteiger partial charge in [-0.1, -0.05) is 33.3 Å². The molecule has 0 bridgehead atoms. The van der Waals surface area contributed by atoms with Gasteiger partial charge in [-0.25, -0.2) is 9.36 Å². The van der Waals surface area contributed by atoms with Crippen LogP contribution in [0, 0.1) is 0 Å². The van der Waals surface area contributed by atoms with E-state index in [9.17, 15) is 9.36 Å². The molecule has 0 spiro atoms. The molecule has 7 heteroatoms. The Balaban J connectivity index is 0. The molecular formula is C12H25O6P. The second-order valence-corrected chi connectivity index (χ2v) is 5.38.